The largest absolute Gasteiger partial charge is 0.483 e. The molecule has 1 heterocycles. The molecule has 2 aromatic carbocycles. The fourth-order valence-electron chi connectivity index (χ4n) is 2.36. The first-order valence-corrected chi connectivity index (χ1v) is 8.16. The van der Waals surface area contributed by atoms with E-state index in [1.807, 2.05) is 44.2 Å². The van der Waals surface area contributed by atoms with Gasteiger partial charge < -0.3 is 9.63 Å². The molecule has 0 saturated heterocycles. The zero-order chi connectivity index (χ0) is 15.0. The summed E-state index contributed by atoms with van der Waals surface area (Å²) >= 11 is 0. The van der Waals surface area contributed by atoms with Crippen molar-refractivity contribution in [3.63, 3.8) is 0 Å². The van der Waals surface area contributed by atoms with E-state index in [1.54, 1.807) is 12.1 Å². The van der Waals surface area contributed by atoms with Gasteiger partial charge in [-0.15, -0.1) is 0 Å². The molecule has 0 fully saturated rings. The first-order chi connectivity index (χ1) is 9.94. The molecule has 1 N–H and O–H groups in total. The molecule has 1 atom stereocenters. The van der Waals surface area contributed by atoms with Gasteiger partial charge in [-0.05, 0) is 55.3 Å². The minimum absolute atomic E-state index is 0.274. The van der Waals surface area contributed by atoms with Gasteiger partial charge in [-0.3, -0.25) is 4.57 Å². The maximum atomic E-state index is 11.1. The summed E-state index contributed by atoms with van der Waals surface area (Å²) in [7, 11) is -2.62. The minimum atomic E-state index is -2.62. The van der Waals surface area contributed by atoms with E-state index in [2.05, 4.69) is 12.1 Å². The highest BCUT2D eigenvalue weighted by molar-refractivity contribution is 7.47. The summed E-state index contributed by atoms with van der Waals surface area (Å²) in [6.45, 7) is 4.05. The molecule has 0 amide bonds. The van der Waals surface area contributed by atoms with Gasteiger partial charge in [0.2, 0.25) is 8.03 Å². The molecule has 108 valence electrons. The Morgan fingerprint density at radius 2 is 1.71 bits per heavy atom. The van der Waals surface area contributed by atoms with Gasteiger partial charge in [-0.1, -0.05) is 24.3 Å². The highest BCUT2D eigenvalue weighted by Gasteiger charge is 2.21. The summed E-state index contributed by atoms with van der Waals surface area (Å²) < 4.78 is 17.0. The Kier molecular flexibility index (Phi) is 3.48. The number of rotatable bonds is 2. The molecule has 0 radical (unpaired) electrons. The molecule has 21 heavy (non-hydrogen) atoms. The highest BCUT2D eigenvalue weighted by atomic mass is 31.1. The Bertz CT molecular complexity index is 730. The summed E-state index contributed by atoms with van der Waals surface area (Å²) in [6.07, 6.45) is 4.11. The molecule has 0 saturated carbocycles. The molecule has 1 aliphatic heterocycles. The van der Waals surface area contributed by atoms with Crippen LogP contribution in [0.15, 0.2) is 48.5 Å². The second kappa shape index (κ2) is 5.18. The predicted molar refractivity (Wildman–Crippen MR) is 86.5 cm³/mol. The van der Waals surface area contributed by atoms with Crippen LogP contribution in [-0.4, -0.2) is 10.5 Å². The topological polar surface area (TPSA) is 46.5 Å². The van der Waals surface area contributed by atoms with Crippen LogP contribution in [0.2, 0.25) is 0 Å². The maximum Gasteiger partial charge on any atom is 0.218 e. The van der Waals surface area contributed by atoms with Crippen LogP contribution < -0.4 is 10.0 Å². The number of hydrogen-bond donors (Lipinski definition) is 1. The second-order valence-corrected chi connectivity index (χ2v) is 6.86. The van der Waals surface area contributed by atoms with Crippen molar-refractivity contribution in [1.82, 2.24) is 0 Å². The predicted octanol–water partition coefficient (Wildman–Crippen LogP) is 3.63. The normalized spacial score (nSPS) is 16.9. The van der Waals surface area contributed by atoms with Crippen molar-refractivity contribution in [2.24, 2.45) is 0 Å². The Morgan fingerprint density at radius 3 is 2.38 bits per heavy atom. The van der Waals surface area contributed by atoms with Crippen LogP contribution >= 0.6 is 8.03 Å². The van der Waals surface area contributed by atoms with Gasteiger partial charge in [0, 0.05) is 10.9 Å². The smallest absolute Gasteiger partial charge is 0.218 e. The van der Waals surface area contributed by atoms with Crippen LogP contribution in [-0.2, 0) is 4.57 Å². The molecule has 3 rings (SSSR count). The molecule has 0 aromatic heterocycles. The standard InChI is InChI=1S/C17H17O3P/c1-17(2)10-9-14-11-13(5-8-16(14)20-17)12-3-6-15(7-4-12)21(18)19/h3-11,21H,1-2H3,(H,18,19). The molecule has 0 bridgehead atoms. The Labute approximate surface area is 124 Å². The minimum Gasteiger partial charge on any atom is -0.483 e. The number of hydrogen-bond acceptors (Lipinski definition) is 2. The summed E-state index contributed by atoms with van der Waals surface area (Å²) in [6, 6.07) is 13.2. The van der Waals surface area contributed by atoms with Crippen LogP contribution in [0.5, 0.6) is 5.75 Å². The average Bonchev–Trinajstić information content (AvgIpc) is 2.46. The summed E-state index contributed by atoms with van der Waals surface area (Å²) in [5.41, 5.74) is 2.85. The van der Waals surface area contributed by atoms with E-state index in [0.717, 1.165) is 22.4 Å². The molecule has 0 aliphatic carbocycles. The number of ether oxygens (including phenoxy) is 1. The lowest BCUT2D eigenvalue weighted by Crippen LogP contribution is -2.27. The van der Waals surface area contributed by atoms with E-state index in [1.165, 1.54) is 0 Å². The van der Waals surface area contributed by atoms with E-state index in [9.17, 15) is 4.57 Å². The van der Waals surface area contributed by atoms with Gasteiger partial charge in [-0.25, -0.2) is 0 Å². The third kappa shape index (κ3) is 2.94. The van der Waals surface area contributed by atoms with Crippen LogP contribution in [0, 0.1) is 0 Å². The monoisotopic (exact) mass is 300 g/mol. The third-order valence-electron chi connectivity index (χ3n) is 3.51. The Morgan fingerprint density at radius 1 is 1.05 bits per heavy atom. The zero-order valence-electron chi connectivity index (χ0n) is 12.0. The maximum absolute atomic E-state index is 11.1. The summed E-state index contributed by atoms with van der Waals surface area (Å²) in [5, 5.41) is 0.478. The van der Waals surface area contributed by atoms with Gasteiger partial charge in [0.05, 0.1) is 0 Å². The third-order valence-corrected chi connectivity index (χ3v) is 4.34. The van der Waals surface area contributed by atoms with Crippen molar-refractivity contribution in [2.45, 2.75) is 19.4 Å². The number of benzene rings is 2. The molecular weight excluding hydrogens is 283 g/mol. The van der Waals surface area contributed by atoms with E-state index >= 15 is 0 Å². The van der Waals surface area contributed by atoms with E-state index in [0.29, 0.717) is 5.30 Å². The molecule has 1 aliphatic rings. The lowest BCUT2D eigenvalue weighted by molar-refractivity contribution is 0.159. The second-order valence-electron chi connectivity index (χ2n) is 5.67. The van der Waals surface area contributed by atoms with Gasteiger partial charge in [-0.2, -0.15) is 0 Å². The van der Waals surface area contributed by atoms with Gasteiger partial charge in [0.1, 0.15) is 11.4 Å². The zero-order valence-corrected chi connectivity index (χ0v) is 13.0. The summed E-state index contributed by atoms with van der Waals surface area (Å²) in [4.78, 5) is 9.11. The molecule has 3 nitrogen and oxygen atoms in total. The molecule has 0 spiro atoms. The summed E-state index contributed by atoms with van der Waals surface area (Å²) in [5.74, 6) is 0.878. The van der Waals surface area contributed by atoms with Crippen LogP contribution in [0.1, 0.15) is 19.4 Å². The lowest BCUT2D eigenvalue weighted by atomic mass is 9.98. The van der Waals surface area contributed by atoms with Crippen molar-refractivity contribution < 1.29 is 14.2 Å². The number of fused-ring (bicyclic) bond motifs is 1. The van der Waals surface area contributed by atoms with E-state index < -0.39 is 8.03 Å². The average molecular weight is 300 g/mol. The fraction of sp³-hybridized carbons (Fsp3) is 0.176. The molecule has 2 aromatic rings. The molecular formula is C17H17O3P. The molecule has 1 unspecified atom stereocenters. The van der Waals surface area contributed by atoms with Gasteiger partial charge in [0.15, 0.2) is 0 Å². The van der Waals surface area contributed by atoms with Crippen molar-refractivity contribution in [2.75, 3.05) is 0 Å². The van der Waals surface area contributed by atoms with Gasteiger partial charge in [0.25, 0.3) is 0 Å². The first-order valence-electron chi connectivity index (χ1n) is 6.81. The Hall–Kier alpha value is -1.83. The highest BCUT2D eigenvalue weighted by Crippen LogP contribution is 2.34. The van der Waals surface area contributed by atoms with Crippen molar-refractivity contribution in [1.29, 1.82) is 0 Å². The lowest BCUT2D eigenvalue weighted by Gasteiger charge is -2.28. The first kappa shape index (κ1) is 14.1. The van der Waals surface area contributed by atoms with Crippen molar-refractivity contribution in [3.8, 4) is 16.9 Å². The quantitative estimate of drug-likeness (QED) is 0.861. The van der Waals surface area contributed by atoms with Crippen LogP contribution in [0.3, 0.4) is 0 Å². The Balaban J connectivity index is 1.96. The van der Waals surface area contributed by atoms with Crippen LogP contribution in [0.4, 0.5) is 0 Å². The SMILES string of the molecule is CC1(C)C=Cc2cc(-c3ccc([PH](=O)O)cc3)ccc2O1. The van der Waals surface area contributed by atoms with Gasteiger partial charge >= 0.3 is 0 Å². The fourth-order valence-corrected chi connectivity index (χ4v) is 2.82. The van der Waals surface area contributed by atoms with Crippen molar-refractivity contribution in [3.05, 3.63) is 54.1 Å². The van der Waals surface area contributed by atoms with E-state index in [-0.39, 0.29) is 5.60 Å². The van der Waals surface area contributed by atoms with Crippen LogP contribution in [0.25, 0.3) is 17.2 Å². The molecule has 4 heteroatoms. The van der Waals surface area contributed by atoms with E-state index in [4.69, 9.17) is 9.63 Å². The van der Waals surface area contributed by atoms with Crippen molar-refractivity contribution >= 4 is 19.4 Å².